The van der Waals surface area contributed by atoms with Crippen LogP contribution in [0.5, 0.6) is 5.75 Å². The molecule has 1 atom stereocenters. The average Bonchev–Trinajstić information content (AvgIpc) is 2.33. The Kier molecular flexibility index (Phi) is 3.74. The van der Waals surface area contributed by atoms with Gasteiger partial charge in [0.1, 0.15) is 5.75 Å². The third kappa shape index (κ3) is 2.69. The van der Waals surface area contributed by atoms with Crippen molar-refractivity contribution in [2.24, 2.45) is 0 Å². The summed E-state index contributed by atoms with van der Waals surface area (Å²) < 4.78 is 16.4. The summed E-state index contributed by atoms with van der Waals surface area (Å²) in [6.07, 6.45) is -0.809. The molecule has 0 amide bonds. The fraction of sp³-hybridized carbons (Fsp3) is 0.500. The van der Waals surface area contributed by atoms with Crippen LogP contribution < -0.4 is 4.74 Å². The number of hydrogen-bond donors (Lipinski definition) is 0. The number of fused-ring (bicyclic) bond motifs is 1. The molecule has 0 saturated carbocycles. The van der Waals surface area contributed by atoms with Crippen LogP contribution in [0.1, 0.15) is 38.0 Å². The highest BCUT2D eigenvalue weighted by molar-refractivity contribution is 6.33. The van der Waals surface area contributed by atoms with Crippen molar-refractivity contribution in [3.8, 4) is 5.75 Å². The van der Waals surface area contributed by atoms with E-state index >= 15 is 0 Å². The van der Waals surface area contributed by atoms with Crippen molar-refractivity contribution < 1.29 is 19.0 Å². The van der Waals surface area contributed by atoms with Crippen molar-refractivity contribution in [1.29, 1.82) is 0 Å². The van der Waals surface area contributed by atoms with E-state index in [1.54, 1.807) is 26.8 Å². The zero-order chi connectivity index (χ0) is 14.2. The van der Waals surface area contributed by atoms with Gasteiger partial charge in [0, 0.05) is 19.4 Å². The van der Waals surface area contributed by atoms with Gasteiger partial charge in [-0.1, -0.05) is 23.7 Å². The third-order valence-electron chi connectivity index (χ3n) is 2.85. The third-order valence-corrected chi connectivity index (χ3v) is 3.32. The highest BCUT2D eigenvalue weighted by Gasteiger charge is 2.40. The standard InChI is InChI=1S/C14H17ClO4/c1-5-17-13(16)12-9-7-6-8(2)10(15)11(9)18-14(3,4)19-12/h6-7,12H,5H2,1-4H3. The molecule has 1 aliphatic heterocycles. The number of rotatable bonds is 2. The monoisotopic (exact) mass is 284 g/mol. The number of carbonyl (C=O) groups is 1. The summed E-state index contributed by atoms with van der Waals surface area (Å²) in [4.78, 5) is 12.0. The number of benzene rings is 1. The van der Waals surface area contributed by atoms with Gasteiger partial charge in [0.2, 0.25) is 5.79 Å². The van der Waals surface area contributed by atoms with Gasteiger partial charge in [0.15, 0.2) is 6.10 Å². The van der Waals surface area contributed by atoms with Crippen molar-refractivity contribution in [2.75, 3.05) is 6.61 Å². The van der Waals surface area contributed by atoms with Gasteiger partial charge in [-0.15, -0.1) is 0 Å². The molecule has 0 aromatic heterocycles. The number of carbonyl (C=O) groups excluding carboxylic acids is 1. The fourth-order valence-electron chi connectivity index (χ4n) is 1.99. The molecular formula is C14H17ClO4. The first-order valence-corrected chi connectivity index (χ1v) is 6.56. The Morgan fingerprint density at radius 3 is 2.79 bits per heavy atom. The second-order valence-corrected chi connectivity index (χ2v) is 5.24. The molecule has 5 heteroatoms. The van der Waals surface area contributed by atoms with Crippen LogP contribution in [0, 0.1) is 6.92 Å². The van der Waals surface area contributed by atoms with Crippen LogP contribution in [-0.4, -0.2) is 18.4 Å². The first kappa shape index (κ1) is 14.2. The Bertz CT molecular complexity index is 510. The van der Waals surface area contributed by atoms with Gasteiger partial charge in [-0.05, 0) is 19.4 Å². The van der Waals surface area contributed by atoms with Gasteiger partial charge in [0.05, 0.1) is 11.6 Å². The number of hydrogen-bond acceptors (Lipinski definition) is 4. The lowest BCUT2D eigenvalue weighted by atomic mass is 10.0. The van der Waals surface area contributed by atoms with E-state index in [-0.39, 0.29) is 0 Å². The summed E-state index contributed by atoms with van der Waals surface area (Å²) >= 11 is 6.25. The Morgan fingerprint density at radius 2 is 2.16 bits per heavy atom. The largest absolute Gasteiger partial charge is 0.464 e. The molecule has 19 heavy (non-hydrogen) atoms. The molecule has 1 aliphatic rings. The lowest BCUT2D eigenvalue weighted by molar-refractivity contribution is -0.219. The molecule has 0 fully saturated rings. The minimum absolute atomic E-state index is 0.301. The molecule has 1 aromatic rings. The summed E-state index contributed by atoms with van der Waals surface area (Å²) in [5, 5.41) is 0.503. The Hall–Kier alpha value is -1.26. The maximum atomic E-state index is 12.0. The second kappa shape index (κ2) is 5.02. The van der Waals surface area contributed by atoms with Crippen molar-refractivity contribution in [1.82, 2.24) is 0 Å². The summed E-state index contributed by atoms with van der Waals surface area (Å²) in [6.45, 7) is 7.41. The number of halogens is 1. The first-order valence-electron chi connectivity index (χ1n) is 6.18. The second-order valence-electron chi connectivity index (χ2n) is 4.87. The smallest absolute Gasteiger partial charge is 0.340 e. The molecule has 1 unspecified atom stereocenters. The van der Waals surface area contributed by atoms with E-state index in [1.807, 2.05) is 13.0 Å². The summed E-state index contributed by atoms with van der Waals surface area (Å²) in [6, 6.07) is 3.62. The summed E-state index contributed by atoms with van der Waals surface area (Å²) in [5.41, 5.74) is 1.49. The van der Waals surface area contributed by atoms with Crippen molar-refractivity contribution in [3.63, 3.8) is 0 Å². The molecule has 104 valence electrons. The summed E-state index contributed by atoms with van der Waals surface area (Å²) in [7, 11) is 0. The minimum Gasteiger partial charge on any atom is -0.464 e. The quantitative estimate of drug-likeness (QED) is 0.781. The number of aryl methyl sites for hydroxylation is 1. The highest BCUT2D eigenvalue weighted by Crippen LogP contribution is 2.44. The van der Waals surface area contributed by atoms with E-state index in [0.29, 0.717) is 22.9 Å². The van der Waals surface area contributed by atoms with Gasteiger partial charge in [-0.3, -0.25) is 0 Å². The van der Waals surface area contributed by atoms with Crippen LogP contribution in [0.4, 0.5) is 0 Å². The molecular weight excluding hydrogens is 268 g/mol. The Balaban J connectivity index is 2.49. The SMILES string of the molecule is CCOC(=O)C1OC(C)(C)Oc2c1ccc(C)c2Cl. The van der Waals surface area contributed by atoms with E-state index in [2.05, 4.69) is 0 Å². The van der Waals surface area contributed by atoms with Crippen molar-refractivity contribution in [3.05, 3.63) is 28.3 Å². The van der Waals surface area contributed by atoms with Crippen LogP contribution in [-0.2, 0) is 14.3 Å². The zero-order valence-corrected chi connectivity index (χ0v) is 12.2. The van der Waals surface area contributed by atoms with Gasteiger partial charge in [-0.25, -0.2) is 4.79 Å². The molecule has 0 N–H and O–H groups in total. The maximum absolute atomic E-state index is 12.0. The van der Waals surface area contributed by atoms with Crippen LogP contribution in [0.2, 0.25) is 5.02 Å². The molecule has 0 spiro atoms. The maximum Gasteiger partial charge on any atom is 0.340 e. The van der Waals surface area contributed by atoms with Gasteiger partial charge in [0.25, 0.3) is 0 Å². The predicted octanol–water partition coefficient (Wildman–Crippen LogP) is 3.40. The normalized spacial score (nSPS) is 20.4. The lowest BCUT2D eigenvalue weighted by Crippen LogP contribution is -2.40. The van der Waals surface area contributed by atoms with Gasteiger partial charge in [-0.2, -0.15) is 0 Å². The molecule has 0 saturated heterocycles. The Morgan fingerprint density at radius 1 is 1.47 bits per heavy atom. The van der Waals surface area contributed by atoms with Crippen molar-refractivity contribution >= 4 is 17.6 Å². The average molecular weight is 285 g/mol. The van der Waals surface area contributed by atoms with E-state index in [9.17, 15) is 4.79 Å². The molecule has 0 bridgehead atoms. The predicted molar refractivity (Wildman–Crippen MR) is 71.4 cm³/mol. The minimum atomic E-state index is -0.929. The Labute approximate surface area is 117 Å². The number of ether oxygens (including phenoxy) is 3. The lowest BCUT2D eigenvalue weighted by Gasteiger charge is -2.37. The van der Waals surface area contributed by atoms with Gasteiger partial charge >= 0.3 is 5.97 Å². The summed E-state index contributed by atoms with van der Waals surface area (Å²) in [5.74, 6) is -0.863. The van der Waals surface area contributed by atoms with E-state index in [4.69, 9.17) is 25.8 Å². The first-order chi connectivity index (χ1) is 8.85. The van der Waals surface area contributed by atoms with Crippen molar-refractivity contribution in [2.45, 2.75) is 39.6 Å². The van der Waals surface area contributed by atoms with Crippen LogP contribution >= 0.6 is 11.6 Å². The van der Waals surface area contributed by atoms with Crippen LogP contribution in [0.25, 0.3) is 0 Å². The van der Waals surface area contributed by atoms with Gasteiger partial charge < -0.3 is 14.2 Å². The van der Waals surface area contributed by atoms with Crippen LogP contribution in [0.3, 0.4) is 0 Å². The molecule has 2 rings (SSSR count). The van der Waals surface area contributed by atoms with E-state index in [1.165, 1.54) is 0 Å². The molecule has 1 heterocycles. The molecule has 0 radical (unpaired) electrons. The molecule has 0 aliphatic carbocycles. The van der Waals surface area contributed by atoms with E-state index < -0.39 is 17.9 Å². The topological polar surface area (TPSA) is 44.8 Å². The number of esters is 1. The van der Waals surface area contributed by atoms with Crippen LogP contribution in [0.15, 0.2) is 12.1 Å². The highest BCUT2D eigenvalue weighted by atomic mass is 35.5. The zero-order valence-electron chi connectivity index (χ0n) is 11.5. The fourth-order valence-corrected chi connectivity index (χ4v) is 2.20. The molecule has 1 aromatic carbocycles. The van der Waals surface area contributed by atoms with E-state index in [0.717, 1.165) is 5.56 Å². The molecule has 4 nitrogen and oxygen atoms in total.